The van der Waals surface area contributed by atoms with Crippen molar-refractivity contribution in [3.8, 4) is 23.1 Å². The zero-order valence-corrected chi connectivity index (χ0v) is 25.2. The van der Waals surface area contributed by atoms with E-state index in [2.05, 4.69) is 20.3 Å². The Kier molecular flexibility index (Phi) is 7.69. The Morgan fingerprint density at radius 3 is 2.72 bits per heavy atom. The van der Waals surface area contributed by atoms with E-state index in [1.807, 2.05) is 16.7 Å². The van der Waals surface area contributed by atoms with Crippen LogP contribution in [0.5, 0.6) is 11.9 Å². The molecule has 1 aromatic carbocycles. The molecule has 8 nitrogen and oxygen atoms in total. The minimum absolute atomic E-state index is 0.0394. The van der Waals surface area contributed by atoms with E-state index in [-0.39, 0.29) is 61.4 Å². The molecule has 2 aromatic heterocycles. The molecular formula is C31H33F7N6O2. The summed E-state index contributed by atoms with van der Waals surface area (Å²) in [6.45, 7) is 5.09. The predicted molar refractivity (Wildman–Crippen MR) is 155 cm³/mol. The molecule has 1 N–H and O–H groups in total. The van der Waals surface area contributed by atoms with Gasteiger partial charge in [0.2, 0.25) is 5.88 Å². The second-order valence-electron chi connectivity index (χ2n) is 12.7. The number of hydrogen-bond acceptors (Lipinski definition) is 8. The number of pyridine rings is 1. The van der Waals surface area contributed by atoms with Crippen molar-refractivity contribution in [2.45, 2.75) is 75.9 Å². The summed E-state index contributed by atoms with van der Waals surface area (Å²) in [5.74, 6) is -1.21. The molecule has 4 aliphatic heterocycles. The fraction of sp³-hybridized carbons (Fsp3) is 0.581. The van der Waals surface area contributed by atoms with Gasteiger partial charge in [-0.15, -0.1) is 0 Å². The van der Waals surface area contributed by atoms with Crippen molar-refractivity contribution in [3.63, 3.8) is 0 Å². The maximum Gasteiger partial charge on any atom is 0.417 e. The molecule has 4 aliphatic rings. The summed E-state index contributed by atoms with van der Waals surface area (Å²) < 4.78 is 114. The molecule has 3 saturated heterocycles. The van der Waals surface area contributed by atoms with Gasteiger partial charge in [0.25, 0.3) is 6.43 Å². The van der Waals surface area contributed by atoms with E-state index in [1.165, 1.54) is 0 Å². The molecule has 3 fully saturated rings. The third-order valence-electron chi connectivity index (χ3n) is 9.77. The Morgan fingerprint density at radius 1 is 1.17 bits per heavy atom. The molecule has 15 heteroatoms. The van der Waals surface area contributed by atoms with Crippen molar-refractivity contribution in [2.24, 2.45) is 0 Å². The van der Waals surface area contributed by atoms with Crippen LogP contribution in [0.4, 0.5) is 36.6 Å². The van der Waals surface area contributed by atoms with Crippen molar-refractivity contribution >= 4 is 16.7 Å². The molecular weight excluding hydrogens is 621 g/mol. The van der Waals surface area contributed by atoms with Crippen LogP contribution in [-0.2, 0) is 6.18 Å². The molecule has 3 aromatic rings. The van der Waals surface area contributed by atoms with E-state index in [1.54, 1.807) is 0 Å². The summed E-state index contributed by atoms with van der Waals surface area (Å²) in [5, 5.41) is 3.48. The second-order valence-corrected chi connectivity index (χ2v) is 12.7. The highest BCUT2D eigenvalue weighted by atomic mass is 19.4. The van der Waals surface area contributed by atoms with E-state index >= 15 is 4.39 Å². The number of halogens is 7. The van der Waals surface area contributed by atoms with Gasteiger partial charge in [0.15, 0.2) is 5.82 Å². The normalized spacial score (nSPS) is 26.3. The number of nitrogens with one attached hydrogen (secondary N) is 1. The van der Waals surface area contributed by atoms with Crippen LogP contribution in [0.1, 0.15) is 55.7 Å². The summed E-state index contributed by atoms with van der Waals surface area (Å²) in [7, 11) is 0. The number of piperazine rings is 1. The molecule has 248 valence electrons. The summed E-state index contributed by atoms with van der Waals surface area (Å²) in [6.07, 6.45) is -6.52. The van der Waals surface area contributed by atoms with Crippen LogP contribution in [0.2, 0.25) is 0 Å². The smallest absolute Gasteiger partial charge is 0.417 e. The topological polar surface area (TPSA) is 75.6 Å². The summed E-state index contributed by atoms with van der Waals surface area (Å²) in [4.78, 5) is 17.2. The van der Waals surface area contributed by atoms with Crippen molar-refractivity contribution < 1.29 is 40.2 Å². The average molecular weight is 655 g/mol. The van der Waals surface area contributed by atoms with Crippen LogP contribution in [0.15, 0.2) is 12.1 Å². The lowest BCUT2D eigenvalue weighted by atomic mass is 9.94. The monoisotopic (exact) mass is 654 g/mol. The lowest BCUT2D eigenvalue weighted by molar-refractivity contribution is -0.137. The van der Waals surface area contributed by atoms with E-state index in [0.29, 0.717) is 25.6 Å². The third kappa shape index (κ3) is 5.19. The average Bonchev–Trinajstić information content (AvgIpc) is 3.48. The fourth-order valence-corrected chi connectivity index (χ4v) is 7.53. The van der Waals surface area contributed by atoms with E-state index in [4.69, 9.17) is 9.47 Å². The minimum atomic E-state index is -5.01. The highest BCUT2D eigenvalue weighted by molar-refractivity contribution is 5.97. The first-order chi connectivity index (χ1) is 21.9. The maximum atomic E-state index is 16.7. The number of aromatic nitrogens is 3. The van der Waals surface area contributed by atoms with Gasteiger partial charge in [-0.25, -0.2) is 22.5 Å². The molecule has 0 unspecified atom stereocenters. The SMILES string of the molecule is CC[C@@H]1CN2c3nc(OC[C@@]45CCCN4C[C@H](F)C5)nc4c(F)c(-c5cc(C(F)F)cc(C)c5C(F)(F)F)nc(c34)OC[C@@H]2CN1. The Morgan fingerprint density at radius 2 is 1.98 bits per heavy atom. The van der Waals surface area contributed by atoms with Crippen LogP contribution in [0.25, 0.3) is 22.2 Å². The number of nitrogens with zero attached hydrogens (tertiary/aromatic N) is 5. The fourth-order valence-electron chi connectivity index (χ4n) is 7.53. The molecule has 0 spiro atoms. The molecule has 0 aliphatic carbocycles. The van der Waals surface area contributed by atoms with Gasteiger partial charge in [-0.3, -0.25) is 4.90 Å². The number of rotatable bonds is 6. The Hall–Kier alpha value is -3.46. The van der Waals surface area contributed by atoms with Crippen molar-refractivity contribution in [1.82, 2.24) is 25.2 Å². The van der Waals surface area contributed by atoms with Gasteiger partial charge < -0.3 is 19.7 Å². The van der Waals surface area contributed by atoms with Crippen LogP contribution in [0.3, 0.4) is 0 Å². The third-order valence-corrected chi connectivity index (χ3v) is 9.77. The highest BCUT2D eigenvalue weighted by Gasteiger charge is 2.49. The van der Waals surface area contributed by atoms with Gasteiger partial charge in [0.1, 0.15) is 41.8 Å². The number of ether oxygens (including phenoxy) is 2. The van der Waals surface area contributed by atoms with Gasteiger partial charge in [0, 0.05) is 43.2 Å². The van der Waals surface area contributed by atoms with Crippen LogP contribution in [0, 0.1) is 12.7 Å². The van der Waals surface area contributed by atoms with Crippen LogP contribution in [-0.4, -0.2) is 83.0 Å². The number of hydrogen-bond donors (Lipinski definition) is 1. The van der Waals surface area contributed by atoms with Gasteiger partial charge in [0.05, 0.1) is 17.1 Å². The first-order valence-corrected chi connectivity index (χ1v) is 15.4. The maximum absolute atomic E-state index is 16.7. The highest BCUT2D eigenvalue weighted by Crippen LogP contribution is 2.46. The molecule has 0 bridgehead atoms. The first kappa shape index (κ1) is 31.2. The Balaban J connectivity index is 1.42. The van der Waals surface area contributed by atoms with Gasteiger partial charge in [-0.1, -0.05) is 6.92 Å². The lowest BCUT2D eigenvalue weighted by Gasteiger charge is -2.39. The summed E-state index contributed by atoms with van der Waals surface area (Å²) in [5.41, 5.74) is -5.14. The van der Waals surface area contributed by atoms with E-state index in [9.17, 15) is 26.3 Å². The molecule has 7 rings (SSSR count). The molecule has 46 heavy (non-hydrogen) atoms. The summed E-state index contributed by atoms with van der Waals surface area (Å²) in [6, 6.07) is 0.884. The molecule has 0 radical (unpaired) electrons. The van der Waals surface area contributed by atoms with Gasteiger partial charge >= 0.3 is 12.2 Å². The quantitative estimate of drug-likeness (QED) is 0.325. The standard InChI is InChI=1S/C31H33F7N6O2/c1-3-18-12-44-19(10-39-18)13-45-28-21-25(41-29(42-27(21)44)46-14-30-5-4-6-43(30)11-17(32)9-30)23(33)24(40-28)20-8-16(26(34)35)7-15(2)22(20)31(36,37)38/h7-8,17-19,26,39H,3-6,9-14H2,1-2H3/t17-,18-,19+,30+/m1/s1. The zero-order valence-electron chi connectivity index (χ0n) is 25.2. The lowest BCUT2D eigenvalue weighted by Crippen LogP contribution is -2.58. The molecule has 6 heterocycles. The first-order valence-electron chi connectivity index (χ1n) is 15.4. The Bertz CT molecular complexity index is 1670. The second kappa shape index (κ2) is 11.4. The van der Waals surface area contributed by atoms with Gasteiger partial charge in [-0.05, 0) is 50.4 Å². The van der Waals surface area contributed by atoms with Crippen molar-refractivity contribution in [1.29, 1.82) is 0 Å². The van der Waals surface area contributed by atoms with Crippen LogP contribution < -0.4 is 19.7 Å². The summed E-state index contributed by atoms with van der Waals surface area (Å²) >= 11 is 0. The van der Waals surface area contributed by atoms with Crippen molar-refractivity contribution in [3.05, 3.63) is 34.6 Å². The van der Waals surface area contributed by atoms with E-state index in [0.717, 1.165) is 32.4 Å². The number of aryl methyl sites for hydroxylation is 1. The molecule has 0 amide bonds. The number of fused-ring (bicyclic) bond motifs is 3. The predicted octanol–water partition coefficient (Wildman–Crippen LogP) is 6.00. The van der Waals surface area contributed by atoms with Crippen molar-refractivity contribution in [2.75, 3.05) is 44.3 Å². The number of alkyl halides is 6. The molecule has 4 atom stereocenters. The number of benzene rings is 1. The minimum Gasteiger partial charge on any atom is -0.475 e. The van der Waals surface area contributed by atoms with E-state index < -0.39 is 63.6 Å². The zero-order chi connectivity index (χ0) is 32.5. The Labute approximate surface area is 260 Å². The van der Waals surface area contributed by atoms with Crippen LogP contribution >= 0.6 is 0 Å². The molecule has 0 saturated carbocycles. The number of anilines is 1. The van der Waals surface area contributed by atoms with Gasteiger partial charge in [-0.2, -0.15) is 23.1 Å². The largest absolute Gasteiger partial charge is 0.475 e.